The van der Waals surface area contributed by atoms with Gasteiger partial charge in [-0.15, -0.1) is 0 Å². The van der Waals surface area contributed by atoms with E-state index in [-0.39, 0.29) is 12.0 Å². The summed E-state index contributed by atoms with van der Waals surface area (Å²) in [7, 11) is 0. The van der Waals surface area contributed by atoms with E-state index in [1.54, 1.807) is 24.0 Å². The Bertz CT molecular complexity index is 1010. The lowest BCUT2D eigenvalue weighted by Gasteiger charge is -2.38. The van der Waals surface area contributed by atoms with E-state index in [1.807, 2.05) is 30.3 Å². The number of benzene rings is 1. The number of para-hydroxylation sites is 1. The molecule has 6 nitrogen and oxygen atoms in total. The van der Waals surface area contributed by atoms with Crippen LogP contribution in [0.2, 0.25) is 0 Å². The summed E-state index contributed by atoms with van der Waals surface area (Å²) in [5.74, 6) is 0.846. The zero-order valence-corrected chi connectivity index (χ0v) is 13.6. The molecular weight excluding hydrogens is 320 g/mol. The van der Waals surface area contributed by atoms with Crippen LogP contribution in [0.25, 0.3) is 10.9 Å². The zero-order valence-electron chi connectivity index (χ0n) is 13.6. The van der Waals surface area contributed by atoms with Crippen molar-refractivity contribution in [3.05, 3.63) is 70.4 Å². The molecule has 126 valence electrons. The second-order valence-corrected chi connectivity index (χ2v) is 6.06. The summed E-state index contributed by atoms with van der Waals surface area (Å²) in [4.78, 5) is 30.0. The van der Waals surface area contributed by atoms with Gasteiger partial charge in [-0.1, -0.05) is 24.3 Å². The van der Waals surface area contributed by atoms with Gasteiger partial charge in [0.2, 0.25) is 0 Å². The number of carbonyl (C=O) groups excluding carboxylic acids is 1. The van der Waals surface area contributed by atoms with Crippen molar-refractivity contribution in [2.75, 3.05) is 13.1 Å². The molecule has 4 rings (SSSR count). The smallest absolute Gasteiger partial charge is 0.339 e. The van der Waals surface area contributed by atoms with Gasteiger partial charge >= 0.3 is 5.63 Å². The van der Waals surface area contributed by atoms with Crippen molar-refractivity contribution >= 4 is 16.8 Å². The second-order valence-electron chi connectivity index (χ2n) is 6.06. The molecule has 1 aliphatic heterocycles. The molecule has 0 radical (unpaired) electrons. The minimum atomic E-state index is -0.442. The van der Waals surface area contributed by atoms with Crippen molar-refractivity contribution < 1.29 is 13.9 Å². The highest BCUT2D eigenvalue weighted by Crippen LogP contribution is 2.20. The average Bonchev–Trinajstić information content (AvgIpc) is 2.56. The van der Waals surface area contributed by atoms with Crippen molar-refractivity contribution in [2.24, 2.45) is 0 Å². The SMILES string of the molecule is Cc1cc(OC2CN(C(=O)c3ccc4ccccc4n3)C2)cc(=O)o1. The van der Waals surface area contributed by atoms with Crippen LogP contribution in [0.4, 0.5) is 0 Å². The Hall–Kier alpha value is -3.15. The summed E-state index contributed by atoms with van der Waals surface area (Å²) in [6.07, 6.45) is -0.134. The molecule has 0 unspecified atom stereocenters. The van der Waals surface area contributed by atoms with Crippen molar-refractivity contribution in [2.45, 2.75) is 13.0 Å². The summed E-state index contributed by atoms with van der Waals surface area (Å²) < 4.78 is 10.6. The number of nitrogens with zero attached hydrogens (tertiary/aromatic N) is 2. The Kier molecular flexibility index (Phi) is 3.72. The Morgan fingerprint density at radius 1 is 1.20 bits per heavy atom. The van der Waals surface area contributed by atoms with E-state index in [9.17, 15) is 9.59 Å². The third-order valence-electron chi connectivity index (χ3n) is 4.12. The van der Waals surface area contributed by atoms with Crippen LogP contribution in [0.1, 0.15) is 16.2 Å². The lowest BCUT2D eigenvalue weighted by atomic mass is 10.1. The maximum absolute atomic E-state index is 12.5. The van der Waals surface area contributed by atoms with E-state index < -0.39 is 5.63 Å². The van der Waals surface area contributed by atoms with E-state index in [2.05, 4.69) is 4.98 Å². The third-order valence-corrected chi connectivity index (χ3v) is 4.12. The highest BCUT2D eigenvalue weighted by atomic mass is 16.5. The molecule has 1 fully saturated rings. The van der Waals surface area contributed by atoms with Crippen molar-refractivity contribution in [3.63, 3.8) is 0 Å². The fourth-order valence-electron chi connectivity index (χ4n) is 2.86. The van der Waals surface area contributed by atoms with Crippen LogP contribution in [0, 0.1) is 6.92 Å². The molecule has 0 bridgehead atoms. The quantitative estimate of drug-likeness (QED) is 0.734. The van der Waals surface area contributed by atoms with Gasteiger partial charge in [-0.2, -0.15) is 0 Å². The number of hydrogen-bond acceptors (Lipinski definition) is 5. The van der Waals surface area contributed by atoms with Crippen LogP contribution < -0.4 is 10.4 Å². The molecule has 3 heterocycles. The Labute approximate surface area is 143 Å². The zero-order chi connectivity index (χ0) is 17.4. The normalized spacial score (nSPS) is 14.4. The summed E-state index contributed by atoms with van der Waals surface area (Å²) in [6, 6.07) is 14.3. The number of hydrogen-bond donors (Lipinski definition) is 0. The molecule has 2 aromatic heterocycles. The molecule has 1 aliphatic rings. The molecule has 0 saturated carbocycles. The minimum Gasteiger partial charge on any atom is -0.486 e. The minimum absolute atomic E-state index is 0.116. The molecule has 3 aromatic rings. The Morgan fingerprint density at radius 2 is 2.00 bits per heavy atom. The first-order valence-corrected chi connectivity index (χ1v) is 8.02. The molecule has 0 aliphatic carbocycles. The number of aryl methyl sites for hydroxylation is 1. The molecule has 1 saturated heterocycles. The van der Waals surface area contributed by atoms with Gasteiger partial charge in [0, 0.05) is 11.5 Å². The molecule has 0 atom stereocenters. The van der Waals surface area contributed by atoms with Crippen LogP contribution >= 0.6 is 0 Å². The molecule has 0 N–H and O–H groups in total. The highest BCUT2D eigenvalue weighted by Gasteiger charge is 2.33. The molecule has 1 amide bonds. The summed E-state index contributed by atoms with van der Waals surface area (Å²) in [5, 5.41) is 1.00. The van der Waals surface area contributed by atoms with Crippen LogP contribution in [0.5, 0.6) is 5.75 Å². The van der Waals surface area contributed by atoms with Gasteiger partial charge in [0.1, 0.15) is 23.3 Å². The average molecular weight is 336 g/mol. The predicted octanol–water partition coefficient (Wildman–Crippen LogP) is 2.40. The van der Waals surface area contributed by atoms with E-state index >= 15 is 0 Å². The summed E-state index contributed by atoms with van der Waals surface area (Å²) in [5.41, 5.74) is 0.782. The summed E-state index contributed by atoms with van der Waals surface area (Å²) >= 11 is 0. The highest BCUT2D eigenvalue weighted by molar-refractivity contribution is 5.95. The fraction of sp³-hybridized carbons (Fsp3) is 0.211. The number of carbonyl (C=O) groups is 1. The van der Waals surface area contributed by atoms with Gasteiger partial charge in [0.25, 0.3) is 5.91 Å². The van der Waals surface area contributed by atoms with E-state index in [1.165, 1.54) is 6.07 Å². The first-order valence-electron chi connectivity index (χ1n) is 8.02. The van der Waals surface area contributed by atoms with Gasteiger partial charge in [-0.3, -0.25) is 4.79 Å². The standard InChI is InChI=1S/C19H16N2O4/c1-12-8-14(9-18(22)24-12)25-15-10-21(11-15)19(23)17-7-6-13-4-2-3-5-16(13)20-17/h2-9,15H,10-11H2,1H3. The number of ether oxygens (including phenoxy) is 1. The number of likely N-dealkylation sites (tertiary alicyclic amines) is 1. The van der Waals surface area contributed by atoms with Crippen LogP contribution in [0.15, 0.2) is 57.7 Å². The first kappa shape index (κ1) is 15.4. The predicted molar refractivity (Wildman–Crippen MR) is 91.8 cm³/mol. The fourth-order valence-corrected chi connectivity index (χ4v) is 2.86. The van der Waals surface area contributed by atoms with Gasteiger partial charge in [-0.05, 0) is 19.1 Å². The number of amides is 1. The van der Waals surface area contributed by atoms with Crippen molar-refractivity contribution in [1.29, 1.82) is 0 Å². The number of fused-ring (bicyclic) bond motifs is 1. The van der Waals surface area contributed by atoms with Crippen LogP contribution in [0.3, 0.4) is 0 Å². The number of rotatable bonds is 3. The Morgan fingerprint density at radius 3 is 2.80 bits per heavy atom. The van der Waals surface area contributed by atoms with Gasteiger partial charge in [0.15, 0.2) is 0 Å². The summed E-state index contributed by atoms with van der Waals surface area (Å²) in [6.45, 7) is 2.62. The van der Waals surface area contributed by atoms with E-state index in [0.29, 0.717) is 30.3 Å². The molecule has 25 heavy (non-hydrogen) atoms. The number of pyridine rings is 1. The second kappa shape index (κ2) is 6.05. The first-order chi connectivity index (χ1) is 12.1. The van der Waals surface area contributed by atoms with Crippen LogP contribution in [-0.2, 0) is 0 Å². The topological polar surface area (TPSA) is 72.6 Å². The molecule has 6 heteroatoms. The maximum Gasteiger partial charge on any atom is 0.339 e. The Balaban J connectivity index is 1.42. The van der Waals surface area contributed by atoms with Gasteiger partial charge < -0.3 is 14.1 Å². The van der Waals surface area contributed by atoms with Gasteiger partial charge in [0.05, 0.1) is 24.7 Å². The van der Waals surface area contributed by atoms with Crippen molar-refractivity contribution in [3.8, 4) is 5.75 Å². The lowest BCUT2D eigenvalue weighted by Crippen LogP contribution is -2.56. The monoisotopic (exact) mass is 336 g/mol. The molecule has 1 aromatic carbocycles. The largest absolute Gasteiger partial charge is 0.486 e. The van der Waals surface area contributed by atoms with Gasteiger partial charge in [-0.25, -0.2) is 9.78 Å². The third kappa shape index (κ3) is 3.10. The maximum atomic E-state index is 12.5. The molecular formula is C19H16N2O4. The lowest BCUT2D eigenvalue weighted by molar-refractivity contribution is 0.0171. The van der Waals surface area contributed by atoms with E-state index in [4.69, 9.17) is 9.15 Å². The number of aromatic nitrogens is 1. The van der Waals surface area contributed by atoms with Crippen molar-refractivity contribution in [1.82, 2.24) is 9.88 Å². The van der Waals surface area contributed by atoms with E-state index in [0.717, 1.165) is 10.9 Å². The molecule has 0 spiro atoms. The van der Waals surface area contributed by atoms with Crippen LogP contribution in [-0.4, -0.2) is 35.0 Å².